The number of benzene rings is 2. The van der Waals surface area contributed by atoms with Gasteiger partial charge in [-0.15, -0.1) is 0 Å². The second kappa shape index (κ2) is 7.46. The van der Waals surface area contributed by atoms with Crippen LogP contribution in [-0.4, -0.2) is 36.9 Å². The van der Waals surface area contributed by atoms with Gasteiger partial charge in [0.15, 0.2) is 0 Å². The minimum absolute atomic E-state index is 0.0797. The average molecular weight is 412 g/mol. The first-order valence-corrected chi connectivity index (χ1v) is 9.47. The highest BCUT2D eigenvalue weighted by Crippen LogP contribution is 2.21. The molecule has 1 atom stereocenters. The van der Waals surface area contributed by atoms with Crippen molar-refractivity contribution in [3.8, 4) is 0 Å². The topological polar surface area (TPSA) is 74.7 Å². The number of rotatable bonds is 6. The van der Waals surface area contributed by atoms with E-state index in [-0.39, 0.29) is 11.3 Å². The number of sulfonamides is 1. The lowest BCUT2D eigenvalue weighted by atomic mass is 10.1. The molecule has 0 spiro atoms. The lowest BCUT2D eigenvalue weighted by Gasteiger charge is -2.24. The van der Waals surface area contributed by atoms with E-state index in [1.54, 1.807) is 30.3 Å². The summed E-state index contributed by atoms with van der Waals surface area (Å²) in [5, 5.41) is 9.51. The van der Waals surface area contributed by atoms with Crippen LogP contribution in [0.5, 0.6) is 0 Å². The van der Waals surface area contributed by atoms with Crippen LogP contribution in [0.25, 0.3) is 0 Å². The molecular formula is C17H18BrNO4S. The zero-order chi connectivity index (χ0) is 17.9. The number of carbonyl (C=O) groups is 1. The molecule has 0 amide bonds. The molecule has 2 rings (SSSR count). The van der Waals surface area contributed by atoms with Crippen LogP contribution in [0.4, 0.5) is 0 Å². The molecule has 0 heterocycles. The van der Waals surface area contributed by atoms with Crippen molar-refractivity contribution in [2.24, 2.45) is 0 Å². The first-order chi connectivity index (χ1) is 11.2. The molecule has 0 aliphatic rings. The highest BCUT2D eigenvalue weighted by Gasteiger charge is 2.32. The van der Waals surface area contributed by atoms with Crippen molar-refractivity contribution >= 4 is 31.9 Å². The van der Waals surface area contributed by atoms with Crippen LogP contribution in [0.15, 0.2) is 57.9 Å². The molecule has 0 aliphatic heterocycles. The molecule has 24 heavy (non-hydrogen) atoms. The lowest BCUT2D eigenvalue weighted by Crippen LogP contribution is -2.43. The van der Waals surface area contributed by atoms with E-state index in [4.69, 9.17) is 0 Å². The number of aryl methyl sites for hydroxylation is 1. The second-order valence-electron chi connectivity index (χ2n) is 5.52. The summed E-state index contributed by atoms with van der Waals surface area (Å²) in [5.74, 6) is -1.19. The van der Waals surface area contributed by atoms with Crippen molar-refractivity contribution in [2.75, 3.05) is 7.05 Å². The number of carboxylic acid groups (broad SMARTS) is 1. The van der Waals surface area contributed by atoms with Crippen LogP contribution in [-0.2, 0) is 21.2 Å². The molecular weight excluding hydrogens is 394 g/mol. The van der Waals surface area contributed by atoms with Crippen molar-refractivity contribution in [3.05, 3.63) is 64.1 Å². The van der Waals surface area contributed by atoms with Crippen molar-refractivity contribution in [2.45, 2.75) is 24.3 Å². The van der Waals surface area contributed by atoms with Crippen LogP contribution in [0, 0.1) is 6.92 Å². The van der Waals surface area contributed by atoms with Gasteiger partial charge in [0.05, 0.1) is 4.90 Å². The molecule has 0 saturated carbocycles. The number of carboxylic acids is 1. The van der Waals surface area contributed by atoms with E-state index in [1.807, 2.05) is 13.0 Å². The number of halogens is 1. The van der Waals surface area contributed by atoms with Crippen molar-refractivity contribution in [3.63, 3.8) is 0 Å². The van der Waals surface area contributed by atoms with E-state index in [9.17, 15) is 18.3 Å². The van der Waals surface area contributed by atoms with Gasteiger partial charge in [-0.25, -0.2) is 8.42 Å². The van der Waals surface area contributed by atoms with E-state index in [0.717, 1.165) is 19.9 Å². The molecule has 5 nitrogen and oxygen atoms in total. The Morgan fingerprint density at radius 3 is 2.38 bits per heavy atom. The Hall–Kier alpha value is -1.70. The smallest absolute Gasteiger partial charge is 0.322 e. The number of aliphatic carboxylic acids is 1. The maximum Gasteiger partial charge on any atom is 0.322 e. The summed E-state index contributed by atoms with van der Waals surface area (Å²) in [7, 11) is -2.59. The van der Waals surface area contributed by atoms with Crippen LogP contribution in [0.2, 0.25) is 0 Å². The fourth-order valence-electron chi connectivity index (χ4n) is 2.30. The van der Waals surface area contributed by atoms with Crippen LogP contribution >= 0.6 is 15.9 Å². The largest absolute Gasteiger partial charge is 0.480 e. The monoisotopic (exact) mass is 411 g/mol. The maximum absolute atomic E-state index is 12.7. The van der Waals surface area contributed by atoms with Gasteiger partial charge in [-0.2, -0.15) is 4.31 Å². The fraction of sp³-hybridized carbons (Fsp3) is 0.235. The van der Waals surface area contributed by atoms with Crippen molar-refractivity contribution < 1.29 is 18.3 Å². The van der Waals surface area contributed by atoms with Crippen molar-refractivity contribution in [1.82, 2.24) is 4.31 Å². The number of hydrogen-bond acceptors (Lipinski definition) is 3. The van der Waals surface area contributed by atoms with E-state index in [2.05, 4.69) is 15.9 Å². The minimum Gasteiger partial charge on any atom is -0.480 e. The Bertz CT molecular complexity index is 834. The number of likely N-dealkylation sites (N-methyl/N-ethyl adjacent to an activating group) is 1. The van der Waals surface area contributed by atoms with Crippen LogP contribution in [0.1, 0.15) is 11.1 Å². The lowest BCUT2D eigenvalue weighted by molar-refractivity contribution is -0.141. The SMILES string of the molecule is Cc1ccc(S(=O)(=O)N(C)[C@@H](Cc2cccc(Br)c2)C(=O)O)cc1. The summed E-state index contributed by atoms with van der Waals surface area (Å²) in [6.45, 7) is 1.85. The molecule has 128 valence electrons. The summed E-state index contributed by atoms with van der Waals surface area (Å²) in [5.41, 5.74) is 1.67. The van der Waals surface area contributed by atoms with Gasteiger partial charge in [0.2, 0.25) is 10.0 Å². The number of hydrogen-bond donors (Lipinski definition) is 1. The molecule has 0 aromatic heterocycles. The second-order valence-corrected chi connectivity index (χ2v) is 8.44. The highest BCUT2D eigenvalue weighted by molar-refractivity contribution is 9.10. The van der Waals surface area contributed by atoms with Crippen LogP contribution in [0.3, 0.4) is 0 Å². The van der Waals surface area contributed by atoms with Gasteiger partial charge in [0, 0.05) is 11.5 Å². The third-order valence-electron chi connectivity index (χ3n) is 3.74. The van der Waals surface area contributed by atoms with Crippen LogP contribution < -0.4 is 0 Å². The fourth-order valence-corrected chi connectivity index (χ4v) is 4.06. The van der Waals surface area contributed by atoms with E-state index in [0.29, 0.717) is 0 Å². The van der Waals surface area contributed by atoms with E-state index in [1.165, 1.54) is 19.2 Å². The third-order valence-corrected chi connectivity index (χ3v) is 6.11. The Morgan fingerprint density at radius 2 is 1.83 bits per heavy atom. The van der Waals surface area contributed by atoms with Gasteiger partial charge in [-0.05, 0) is 43.2 Å². The molecule has 0 bridgehead atoms. The van der Waals surface area contributed by atoms with Gasteiger partial charge >= 0.3 is 5.97 Å². The molecule has 2 aromatic rings. The minimum atomic E-state index is -3.89. The normalized spacial score (nSPS) is 13.0. The predicted molar refractivity (Wildman–Crippen MR) is 95.4 cm³/mol. The molecule has 2 aromatic carbocycles. The summed E-state index contributed by atoms with van der Waals surface area (Å²) < 4.78 is 27.1. The average Bonchev–Trinajstić information content (AvgIpc) is 2.52. The molecule has 7 heteroatoms. The summed E-state index contributed by atoms with van der Waals surface area (Å²) in [6.07, 6.45) is 0.0797. The van der Waals surface area contributed by atoms with E-state index < -0.39 is 22.0 Å². The maximum atomic E-state index is 12.7. The molecule has 0 aliphatic carbocycles. The Morgan fingerprint density at radius 1 is 1.21 bits per heavy atom. The Labute approximate surface area is 150 Å². The molecule has 1 N–H and O–H groups in total. The summed E-state index contributed by atoms with van der Waals surface area (Å²) in [6, 6.07) is 12.3. The molecule has 0 radical (unpaired) electrons. The van der Waals surface area contributed by atoms with Gasteiger partial charge in [-0.1, -0.05) is 45.8 Å². The first-order valence-electron chi connectivity index (χ1n) is 7.24. The predicted octanol–water partition coefficient (Wildman–Crippen LogP) is 3.07. The quantitative estimate of drug-likeness (QED) is 0.792. The Balaban J connectivity index is 2.33. The van der Waals surface area contributed by atoms with Crippen molar-refractivity contribution in [1.29, 1.82) is 0 Å². The van der Waals surface area contributed by atoms with Gasteiger partial charge in [-0.3, -0.25) is 4.79 Å². The highest BCUT2D eigenvalue weighted by atomic mass is 79.9. The first kappa shape index (κ1) is 18.6. The molecule has 0 saturated heterocycles. The zero-order valence-corrected chi connectivity index (χ0v) is 15.7. The summed E-state index contributed by atoms with van der Waals surface area (Å²) in [4.78, 5) is 11.7. The van der Waals surface area contributed by atoms with E-state index >= 15 is 0 Å². The number of nitrogens with zero attached hydrogens (tertiary/aromatic N) is 1. The standard InChI is InChI=1S/C17H18BrNO4S/c1-12-6-8-15(9-7-12)24(22,23)19(2)16(17(20)21)11-13-4-3-5-14(18)10-13/h3-10,16H,11H2,1-2H3,(H,20,21)/t16-/m0/s1. The molecule has 0 fully saturated rings. The van der Waals surface area contributed by atoms with Gasteiger partial charge in [0.1, 0.15) is 6.04 Å². The van der Waals surface area contributed by atoms with Gasteiger partial charge in [0.25, 0.3) is 0 Å². The summed E-state index contributed by atoms with van der Waals surface area (Å²) >= 11 is 3.33. The Kier molecular flexibility index (Phi) is 5.79. The van der Waals surface area contributed by atoms with Gasteiger partial charge < -0.3 is 5.11 Å². The third kappa shape index (κ3) is 4.23. The zero-order valence-electron chi connectivity index (χ0n) is 13.3. The molecule has 0 unspecified atom stereocenters.